The highest BCUT2D eigenvalue weighted by atomic mass is 19.1. The fourth-order valence-electron chi connectivity index (χ4n) is 2.32. The molecule has 4 nitrogen and oxygen atoms in total. The SMILES string of the molecule is CC(NC(=O)C(O)C(C)(C)N)c1ccc(-c2ccc(F)cc2)cc1. The molecule has 0 fully saturated rings. The first-order chi connectivity index (χ1) is 11.2. The molecule has 1 amide bonds. The van der Waals surface area contributed by atoms with E-state index in [-0.39, 0.29) is 11.9 Å². The normalized spacial score (nSPS) is 14.1. The Morgan fingerprint density at radius 2 is 1.54 bits per heavy atom. The molecule has 4 N–H and O–H groups in total. The number of hydrogen-bond acceptors (Lipinski definition) is 3. The lowest BCUT2D eigenvalue weighted by atomic mass is 9.97. The molecule has 2 atom stereocenters. The standard InChI is InChI=1S/C19H23FN2O2/c1-12(22-18(24)17(23)19(2,3)21)13-4-6-14(7-5-13)15-8-10-16(20)11-9-15/h4-12,17,23H,21H2,1-3H3,(H,22,24). The summed E-state index contributed by atoms with van der Waals surface area (Å²) in [6.45, 7) is 5.03. The third kappa shape index (κ3) is 4.40. The second kappa shape index (κ2) is 7.11. The van der Waals surface area contributed by atoms with Crippen molar-refractivity contribution in [3.63, 3.8) is 0 Å². The van der Waals surface area contributed by atoms with E-state index >= 15 is 0 Å². The van der Waals surface area contributed by atoms with E-state index in [2.05, 4.69) is 5.32 Å². The zero-order valence-electron chi connectivity index (χ0n) is 14.1. The summed E-state index contributed by atoms with van der Waals surface area (Å²) in [6.07, 6.45) is -1.28. The molecule has 2 rings (SSSR count). The Bertz CT molecular complexity index is 691. The first kappa shape index (κ1) is 18.1. The van der Waals surface area contributed by atoms with E-state index in [9.17, 15) is 14.3 Å². The summed E-state index contributed by atoms with van der Waals surface area (Å²) in [6, 6.07) is 13.6. The average molecular weight is 330 g/mol. The van der Waals surface area contributed by atoms with Crippen LogP contribution in [0.25, 0.3) is 11.1 Å². The number of hydrogen-bond donors (Lipinski definition) is 3. The van der Waals surface area contributed by atoms with Gasteiger partial charge in [-0.1, -0.05) is 36.4 Å². The maximum Gasteiger partial charge on any atom is 0.251 e. The molecular formula is C19H23FN2O2. The second-order valence-corrected chi connectivity index (χ2v) is 6.58. The summed E-state index contributed by atoms with van der Waals surface area (Å²) in [5.41, 5.74) is 7.52. The minimum Gasteiger partial charge on any atom is -0.381 e. The molecule has 24 heavy (non-hydrogen) atoms. The van der Waals surface area contributed by atoms with Crippen molar-refractivity contribution in [2.75, 3.05) is 0 Å². The molecule has 2 aromatic carbocycles. The molecule has 0 aliphatic rings. The molecule has 5 heteroatoms. The summed E-state index contributed by atoms with van der Waals surface area (Å²) in [7, 11) is 0. The van der Waals surface area contributed by atoms with Gasteiger partial charge in [0.1, 0.15) is 11.9 Å². The van der Waals surface area contributed by atoms with Crippen LogP contribution in [0.3, 0.4) is 0 Å². The van der Waals surface area contributed by atoms with Crippen LogP contribution in [0.2, 0.25) is 0 Å². The number of carbonyl (C=O) groups is 1. The summed E-state index contributed by atoms with van der Waals surface area (Å²) < 4.78 is 13.0. The van der Waals surface area contributed by atoms with Crippen LogP contribution in [0, 0.1) is 5.82 Å². The molecular weight excluding hydrogens is 307 g/mol. The van der Waals surface area contributed by atoms with Crippen LogP contribution >= 0.6 is 0 Å². The number of benzene rings is 2. The van der Waals surface area contributed by atoms with Gasteiger partial charge < -0.3 is 16.2 Å². The fourth-order valence-corrected chi connectivity index (χ4v) is 2.32. The third-order valence-corrected chi connectivity index (χ3v) is 3.90. The highest BCUT2D eigenvalue weighted by Gasteiger charge is 2.30. The molecule has 0 saturated heterocycles. The molecule has 0 radical (unpaired) electrons. The minimum atomic E-state index is -1.28. The lowest BCUT2D eigenvalue weighted by molar-refractivity contribution is -0.132. The zero-order chi connectivity index (χ0) is 17.9. The largest absolute Gasteiger partial charge is 0.381 e. The average Bonchev–Trinajstić information content (AvgIpc) is 2.54. The third-order valence-electron chi connectivity index (χ3n) is 3.90. The molecule has 2 unspecified atom stereocenters. The van der Waals surface area contributed by atoms with E-state index in [0.29, 0.717) is 0 Å². The Kier molecular flexibility index (Phi) is 5.36. The minimum absolute atomic E-state index is 0.267. The van der Waals surface area contributed by atoms with Crippen molar-refractivity contribution in [1.29, 1.82) is 0 Å². The van der Waals surface area contributed by atoms with Crippen molar-refractivity contribution >= 4 is 5.91 Å². The Labute approximate surface area is 141 Å². The first-order valence-corrected chi connectivity index (χ1v) is 7.81. The lowest BCUT2D eigenvalue weighted by Crippen LogP contribution is -2.53. The van der Waals surface area contributed by atoms with Crippen molar-refractivity contribution < 1.29 is 14.3 Å². The van der Waals surface area contributed by atoms with Gasteiger partial charge in [0.25, 0.3) is 5.91 Å². The van der Waals surface area contributed by atoms with Gasteiger partial charge in [0, 0.05) is 5.54 Å². The van der Waals surface area contributed by atoms with Crippen molar-refractivity contribution in [3.8, 4) is 11.1 Å². The fraction of sp³-hybridized carbons (Fsp3) is 0.316. The quantitative estimate of drug-likeness (QED) is 0.789. The molecule has 128 valence electrons. The number of rotatable bonds is 5. The summed E-state index contributed by atoms with van der Waals surface area (Å²) >= 11 is 0. The van der Waals surface area contributed by atoms with Crippen LogP contribution in [0.1, 0.15) is 32.4 Å². The lowest BCUT2D eigenvalue weighted by Gasteiger charge is -2.26. The van der Waals surface area contributed by atoms with Gasteiger partial charge in [-0.05, 0) is 49.6 Å². The van der Waals surface area contributed by atoms with E-state index in [1.54, 1.807) is 26.0 Å². The topological polar surface area (TPSA) is 75.3 Å². The summed E-state index contributed by atoms with van der Waals surface area (Å²) in [4.78, 5) is 12.0. The molecule has 0 heterocycles. The first-order valence-electron chi connectivity index (χ1n) is 7.81. The molecule has 0 aromatic heterocycles. The monoisotopic (exact) mass is 330 g/mol. The van der Waals surface area contributed by atoms with Crippen LogP contribution in [0.4, 0.5) is 4.39 Å². The molecule has 0 aliphatic carbocycles. The van der Waals surface area contributed by atoms with E-state index in [0.717, 1.165) is 16.7 Å². The molecule has 2 aromatic rings. The van der Waals surface area contributed by atoms with Crippen LogP contribution in [0.15, 0.2) is 48.5 Å². The van der Waals surface area contributed by atoms with Gasteiger partial charge in [0.15, 0.2) is 0 Å². The van der Waals surface area contributed by atoms with E-state index in [1.165, 1.54) is 12.1 Å². The second-order valence-electron chi connectivity index (χ2n) is 6.58. The number of aliphatic hydroxyl groups excluding tert-OH is 1. The summed E-state index contributed by atoms with van der Waals surface area (Å²) in [5, 5.41) is 12.6. The number of aliphatic hydroxyl groups is 1. The van der Waals surface area contributed by atoms with Gasteiger partial charge in [-0.15, -0.1) is 0 Å². The zero-order valence-corrected chi connectivity index (χ0v) is 14.1. The van der Waals surface area contributed by atoms with Gasteiger partial charge in [0.05, 0.1) is 6.04 Å². The van der Waals surface area contributed by atoms with Gasteiger partial charge in [-0.2, -0.15) is 0 Å². The maximum atomic E-state index is 13.0. The van der Waals surface area contributed by atoms with Crippen LogP contribution in [0.5, 0.6) is 0 Å². The van der Waals surface area contributed by atoms with Gasteiger partial charge >= 0.3 is 0 Å². The van der Waals surface area contributed by atoms with E-state index < -0.39 is 17.6 Å². The van der Waals surface area contributed by atoms with Crippen LogP contribution < -0.4 is 11.1 Å². The van der Waals surface area contributed by atoms with E-state index in [4.69, 9.17) is 5.73 Å². The number of halogens is 1. The van der Waals surface area contributed by atoms with Crippen molar-refractivity contribution in [1.82, 2.24) is 5.32 Å². The molecule has 0 saturated carbocycles. The van der Waals surface area contributed by atoms with Gasteiger partial charge in [0.2, 0.25) is 0 Å². The Balaban J connectivity index is 2.07. The highest BCUT2D eigenvalue weighted by molar-refractivity contribution is 5.82. The number of nitrogens with one attached hydrogen (secondary N) is 1. The highest BCUT2D eigenvalue weighted by Crippen LogP contribution is 2.22. The Hall–Kier alpha value is -2.24. The van der Waals surface area contributed by atoms with Gasteiger partial charge in [-0.25, -0.2) is 4.39 Å². The van der Waals surface area contributed by atoms with Crippen molar-refractivity contribution in [2.24, 2.45) is 5.73 Å². The number of carbonyl (C=O) groups excluding carboxylic acids is 1. The van der Waals surface area contributed by atoms with Crippen LogP contribution in [-0.2, 0) is 4.79 Å². The molecule has 0 spiro atoms. The Morgan fingerprint density at radius 3 is 2.00 bits per heavy atom. The van der Waals surface area contributed by atoms with Crippen molar-refractivity contribution in [2.45, 2.75) is 38.5 Å². The molecule has 0 aliphatic heterocycles. The predicted octanol–water partition coefficient (Wildman–Crippen LogP) is 2.77. The molecule has 0 bridgehead atoms. The Morgan fingerprint density at radius 1 is 1.08 bits per heavy atom. The van der Waals surface area contributed by atoms with Crippen LogP contribution in [-0.4, -0.2) is 22.7 Å². The van der Waals surface area contributed by atoms with Gasteiger partial charge in [-0.3, -0.25) is 4.79 Å². The van der Waals surface area contributed by atoms with E-state index in [1.807, 2.05) is 31.2 Å². The maximum absolute atomic E-state index is 13.0. The smallest absolute Gasteiger partial charge is 0.251 e. The van der Waals surface area contributed by atoms with Crippen molar-refractivity contribution in [3.05, 3.63) is 59.9 Å². The number of nitrogens with two attached hydrogens (primary N) is 1. The predicted molar refractivity (Wildman–Crippen MR) is 92.7 cm³/mol. The number of amides is 1. The summed E-state index contributed by atoms with van der Waals surface area (Å²) in [5.74, 6) is -0.772.